The lowest BCUT2D eigenvalue weighted by Crippen LogP contribution is -2.51. The second-order valence-electron chi connectivity index (χ2n) is 3.37. The minimum atomic E-state index is 0.287. The van der Waals surface area contributed by atoms with E-state index in [1.165, 1.54) is 0 Å². The van der Waals surface area contributed by atoms with Crippen LogP contribution in [0.15, 0.2) is 18.5 Å². The Morgan fingerprint density at radius 2 is 2.38 bits per heavy atom. The van der Waals surface area contributed by atoms with Gasteiger partial charge in [0.05, 0.1) is 11.9 Å². The molecule has 2 heterocycles. The van der Waals surface area contributed by atoms with Crippen LogP contribution < -0.4 is 10.5 Å². The molecule has 2 rings (SSSR count). The van der Waals surface area contributed by atoms with Crippen LogP contribution in [0, 0.1) is 0 Å². The molecule has 4 nitrogen and oxygen atoms in total. The van der Waals surface area contributed by atoms with Gasteiger partial charge in [-0.2, -0.15) is 0 Å². The summed E-state index contributed by atoms with van der Waals surface area (Å²) in [5, 5.41) is 0. The summed E-state index contributed by atoms with van der Waals surface area (Å²) in [6, 6.07) is 1.80. The van der Waals surface area contributed by atoms with Crippen molar-refractivity contribution in [2.75, 3.05) is 25.9 Å². The van der Waals surface area contributed by atoms with Crippen molar-refractivity contribution < 1.29 is 4.74 Å². The van der Waals surface area contributed by atoms with Crippen LogP contribution in [0.25, 0.3) is 0 Å². The van der Waals surface area contributed by atoms with Crippen LogP contribution in [0.3, 0.4) is 0 Å². The number of rotatable bonds is 2. The van der Waals surface area contributed by atoms with Crippen LogP contribution in [-0.4, -0.2) is 36.1 Å². The Labute approximate surface area is 77.3 Å². The number of anilines is 1. The van der Waals surface area contributed by atoms with Gasteiger partial charge in [-0.15, -0.1) is 0 Å². The van der Waals surface area contributed by atoms with E-state index in [9.17, 15) is 0 Å². The Kier molecular flexibility index (Phi) is 2.06. The third kappa shape index (κ3) is 1.72. The maximum atomic E-state index is 5.68. The van der Waals surface area contributed by atoms with Gasteiger partial charge in [-0.1, -0.05) is 0 Å². The summed E-state index contributed by atoms with van der Waals surface area (Å²) in [5.74, 6) is 0.744. The van der Waals surface area contributed by atoms with E-state index in [-0.39, 0.29) is 6.10 Å². The number of ether oxygens (including phenoxy) is 1. The van der Waals surface area contributed by atoms with E-state index in [0.717, 1.165) is 18.8 Å². The largest absolute Gasteiger partial charge is 0.485 e. The zero-order valence-corrected chi connectivity index (χ0v) is 7.60. The van der Waals surface area contributed by atoms with E-state index >= 15 is 0 Å². The minimum absolute atomic E-state index is 0.287. The Bertz CT molecular complexity index is 297. The number of pyridine rings is 1. The van der Waals surface area contributed by atoms with Gasteiger partial charge in [0, 0.05) is 25.4 Å². The molecule has 0 spiro atoms. The van der Waals surface area contributed by atoms with Crippen molar-refractivity contribution >= 4 is 5.69 Å². The standard InChI is InChI=1S/C9H13N3O/c1-12-5-7(6-12)13-9-2-3-11-4-8(9)10/h2-4,7H,5-6,10H2,1H3. The quantitative estimate of drug-likeness (QED) is 0.712. The maximum absolute atomic E-state index is 5.68. The minimum Gasteiger partial charge on any atom is -0.485 e. The predicted octanol–water partition coefficient (Wildman–Crippen LogP) is 0.357. The van der Waals surface area contributed by atoms with Crippen LogP contribution in [0.4, 0.5) is 5.69 Å². The second kappa shape index (κ2) is 3.22. The van der Waals surface area contributed by atoms with E-state index in [4.69, 9.17) is 10.5 Å². The maximum Gasteiger partial charge on any atom is 0.145 e. The van der Waals surface area contributed by atoms with Crippen LogP contribution >= 0.6 is 0 Å². The molecule has 4 heteroatoms. The SMILES string of the molecule is CN1CC(Oc2ccncc2N)C1. The molecule has 0 atom stereocenters. The van der Waals surface area contributed by atoms with Gasteiger partial charge in [-0.3, -0.25) is 9.88 Å². The number of hydrogen-bond donors (Lipinski definition) is 1. The van der Waals surface area contributed by atoms with E-state index in [1.54, 1.807) is 18.5 Å². The van der Waals surface area contributed by atoms with Crippen molar-refractivity contribution in [3.63, 3.8) is 0 Å². The molecule has 0 amide bonds. The molecular weight excluding hydrogens is 166 g/mol. The third-order valence-corrected chi connectivity index (χ3v) is 2.13. The van der Waals surface area contributed by atoms with Gasteiger partial charge < -0.3 is 10.5 Å². The van der Waals surface area contributed by atoms with Crippen molar-refractivity contribution in [1.82, 2.24) is 9.88 Å². The molecule has 0 unspecified atom stereocenters. The lowest BCUT2D eigenvalue weighted by molar-refractivity contribution is 0.0393. The van der Waals surface area contributed by atoms with E-state index < -0.39 is 0 Å². The Morgan fingerprint density at radius 3 is 3.00 bits per heavy atom. The first kappa shape index (κ1) is 8.31. The van der Waals surface area contributed by atoms with Crippen molar-refractivity contribution in [3.05, 3.63) is 18.5 Å². The first-order valence-corrected chi connectivity index (χ1v) is 4.30. The third-order valence-electron chi connectivity index (χ3n) is 2.13. The molecule has 0 aromatic carbocycles. The average molecular weight is 179 g/mol. The van der Waals surface area contributed by atoms with E-state index in [1.807, 2.05) is 0 Å². The molecule has 2 N–H and O–H groups in total. The highest BCUT2D eigenvalue weighted by Gasteiger charge is 2.25. The van der Waals surface area contributed by atoms with Crippen molar-refractivity contribution in [2.45, 2.75) is 6.10 Å². The molecule has 1 fully saturated rings. The fourth-order valence-electron chi connectivity index (χ4n) is 1.40. The fourth-order valence-corrected chi connectivity index (χ4v) is 1.40. The number of nitrogens with two attached hydrogens (primary N) is 1. The first-order valence-electron chi connectivity index (χ1n) is 4.30. The molecule has 0 saturated carbocycles. The molecule has 0 radical (unpaired) electrons. The predicted molar refractivity (Wildman–Crippen MR) is 50.6 cm³/mol. The lowest BCUT2D eigenvalue weighted by Gasteiger charge is -2.36. The summed E-state index contributed by atoms with van der Waals surface area (Å²) in [7, 11) is 2.07. The molecule has 70 valence electrons. The summed E-state index contributed by atoms with van der Waals surface area (Å²) < 4.78 is 5.64. The van der Waals surface area contributed by atoms with Crippen LogP contribution in [-0.2, 0) is 0 Å². The van der Waals surface area contributed by atoms with Gasteiger partial charge in [0.1, 0.15) is 11.9 Å². The Morgan fingerprint density at radius 1 is 1.62 bits per heavy atom. The van der Waals surface area contributed by atoms with Crippen LogP contribution in [0.1, 0.15) is 0 Å². The molecule has 1 aromatic heterocycles. The van der Waals surface area contributed by atoms with Gasteiger partial charge in [-0.05, 0) is 7.05 Å². The molecule has 1 saturated heterocycles. The Hall–Kier alpha value is -1.29. The summed E-state index contributed by atoms with van der Waals surface area (Å²) >= 11 is 0. The molecule has 0 aliphatic carbocycles. The topological polar surface area (TPSA) is 51.4 Å². The summed E-state index contributed by atoms with van der Waals surface area (Å²) in [5.41, 5.74) is 6.29. The number of nitrogens with zero attached hydrogens (tertiary/aromatic N) is 2. The highest BCUT2D eigenvalue weighted by molar-refractivity contribution is 5.49. The smallest absolute Gasteiger partial charge is 0.145 e. The number of nitrogen functional groups attached to an aromatic ring is 1. The molecule has 0 bridgehead atoms. The fraction of sp³-hybridized carbons (Fsp3) is 0.444. The van der Waals surface area contributed by atoms with Gasteiger partial charge >= 0.3 is 0 Å². The lowest BCUT2D eigenvalue weighted by atomic mass is 10.2. The number of hydrogen-bond acceptors (Lipinski definition) is 4. The second-order valence-corrected chi connectivity index (χ2v) is 3.37. The molecule has 1 aliphatic heterocycles. The molecular formula is C9H13N3O. The zero-order valence-electron chi connectivity index (χ0n) is 7.60. The highest BCUT2D eigenvalue weighted by atomic mass is 16.5. The van der Waals surface area contributed by atoms with Gasteiger partial charge in [0.25, 0.3) is 0 Å². The zero-order chi connectivity index (χ0) is 9.26. The summed E-state index contributed by atoms with van der Waals surface area (Å²) in [6.07, 6.45) is 3.58. The van der Waals surface area contributed by atoms with Crippen LogP contribution in [0.2, 0.25) is 0 Å². The summed E-state index contributed by atoms with van der Waals surface area (Å²) in [4.78, 5) is 6.09. The molecule has 13 heavy (non-hydrogen) atoms. The van der Waals surface area contributed by atoms with Crippen molar-refractivity contribution in [1.29, 1.82) is 0 Å². The van der Waals surface area contributed by atoms with E-state index in [0.29, 0.717) is 5.69 Å². The Balaban J connectivity index is 1.98. The number of likely N-dealkylation sites (tertiary alicyclic amines) is 1. The molecule has 1 aliphatic rings. The average Bonchev–Trinajstić information content (AvgIpc) is 2.06. The number of likely N-dealkylation sites (N-methyl/N-ethyl adjacent to an activating group) is 1. The molecule has 1 aromatic rings. The number of aromatic nitrogens is 1. The van der Waals surface area contributed by atoms with E-state index in [2.05, 4.69) is 16.9 Å². The highest BCUT2D eigenvalue weighted by Crippen LogP contribution is 2.22. The van der Waals surface area contributed by atoms with Gasteiger partial charge in [-0.25, -0.2) is 0 Å². The van der Waals surface area contributed by atoms with Gasteiger partial charge in [0.15, 0.2) is 0 Å². The monoisotopic (exact) mass is 179 g/mol. The summed E-state index contributed by atoms with van der Waals surface area (Å²) in [6.45, 7) is 1.95. The van der Waals surface area contributed by atoms with Crippen LogP contribution in [0.5, 0.6) is 5.75 Å². The van der Waals surface area contributed by atoms with Gasteiger partial charge in [0.2, 0.25) is 0 Å². The van der Waals surface area contributed by atoms with Crippen molar-refractivity contribution in [2.24, 2.45) is 0 Å². The first-order chi connectivity index (χ1) is 6.25. The normalized spacial score (nSPS) is 18.2. The van der Waals surface area contributed by atoms with Crippen molar-refractivity contribution in [3.8, 4) is 5.75 Å².